The minimum Gasteiger partial charge on any atom is -0.405 e. The molecule has 4 rings (SSSR count). The number of thioether (sulfide) groups is 2. The van der Waals surface area contributed by atoms with Crippen LogP contribution in [0.4, 0.5) is 0 Å². The van der Waals surface area contributed by atoms with Crippen LogP contribution in [-0.2, 0) is 18.6 Å². The maximum Gasteiger partial charge on any atom is 0.494 e. The lowest BCUT2D eigenvalue weighted by Crippen LogP contribution is -2.32. The number of benzene rings is 2. The van der Waals surface area contributed by atoms with Gasteiger partial charge in [0, 0.05) is 11.5 Å². The summed E-state index contributed by atoms with van der Waals surface area (Å²) in [6.45, 7) is 3.61. The molecule has 8 heteroatoms. The van der Waals surface area contributed by atoms with Gasteiger partial charge >= 0.3 is 14.2 Å². The zero-order valence-electron chi connectivity index (χ0n) is 21.6. The minimum atomic E-state index is -0.231. The van der Waals surface area contributed by atoms with Gasteiger partial charge in [-0.2, -0.15) is 0 Å². The molecule has 0 saturated carbocycles. The molecule has 2 aliphatic rings. The van der Waals surface area contributed by atoms with E-state index in [4.69, 9.17) is 18.6 Å². The Bertz CT molecular complexity index is 786. The fourth-order valence-electron chi connectivity index (χ4n) is 4.55. The lowest BCUT2D eigenvalue weighted by Gasteiger charge is -2.20. The summed E-state index contributed by atoms with van der Waals surface area (Å²) in [4.78, 5) is 0. The Balaban J connectivity index is 1.20. The van der Waals surface area contributed by atoms with E-state index in [0.717, 1.165) is 22.4 Å². The minimum absolute atomic E-state index is 0.144. The smallest absolute Gasteiger partial charge is 0.405 e. The number of unbranched alkanes of at least 4 members (excludes halogenated alkanes) is 6. The highest BCUT2D eigenvalue weighted by Crippen LogP contribution is 2.32. The summed E-state index contributed by atoms with van der Waals surface area (Å²) < 4.78 is 24.9. The molecule has 0 spiro atoms. The van der Waals surface area contributed by atoms with E-state index in [9.17, 15) is 0 Å². The quantitative estimate of drug-likeness (QED) is 0.163. The van der Waals surface area contributed by atoms with Gasteiger partial charge in [0.1, 0.15) is 0 Å². The van der Waals surface area contributed by atoms with Gasteiger partial charge < -0.3 is 18.6 Å². The molecular formula is C28H40B2O4S2. The molecule has 2 fully saturated rings. The second-order valence-corrected chi connectivity index (χ2v) is 12.4. The molecule has 2 aromatic carbocycles. The van der Waals surface area contributed by atoms with E-state index < -0.39 is 0 Å². The molecule has 2 atom stereocenters. The molecule has 36 heavy (non-hydrogen) atoms. The summed E-state index contributed by atoms with van der Waals surface area (Å²) in [6.07, 6.45) is 10.9. The van der Waals surface area contributed by atoms with Crippen LogP contribution in [0.25, 0.3) is 0 Å². The molecule has 0 aliphatic carbocycles. The maximum absolute atomic E-state index is 6.22. The molecule has 194 valence electrons. The second kappa shape index (κ2) is 16.2. The Morgan fingerprint density at radius 3 is 1.67 bits per heavy atom. The van der Waals surface area contributed by atoms with Crippen molar-refractivity contribution in [1.29, 1.82) is 0 Å². The van der Waals surface area contributed by atoms with Gasteiger partial charge in [-0.1, -0.05) is 113 Å². The van der Waals surface area contributed by atoms with Crippen LogP contribution in [-0.4, -0.2) is 55.7 Å². The van der Waals surface area contributed by atoms with Crippen LogP contribution in [0.1, 0.15) is 58.3 Å². The van der Waals surface area contributed by atoms with Gasteiger partial charge in [-0.25, -0.2) is 0 Å². The zero-order chi connectivity index (χ0) is 24.8. The van der Waals surface area contributed by atoms with Crippen molar-refractivity contribution in [1.82, 2.24) is 0 Å². The van der Waals surface area contributed by atoms with Crippen molar-refractivity contribution in [2.75, 3.05) is 24.7 Å². The van der Waals surface area contributed by atoms with Gasteiger partial charge in [0.2, 0.25) is 0 Å². The highest BCUT2D eigenvalue weighted by molar-refractivity contribution is 8.17. The predicted molar refractivity (Wildman–Crippen MR) is 157 cm³/mol. The fraction of sp³-hybridized carbons (Fsp3) is 0.571. The summed E-state index contributed by atoms with van der Waals surface area (Å²) in [5, 5.41) is 0. The van der Waals surface area contributed by atoms with Crippen molar-refractivity contribution in [2.45, 2.75) is 75.1 Å². The summed E-state index contributed by atoms with van der Waals surface area (Å²) in [5.41, 5.74) is 2.20. The third kappa shape index (κ3) is 9.45. The summed E-state index contributed by atoms with van der Waals surface area (Å²) in [7, 11) is -0.463. The zero-order valence-corrected chi connectivity index (χ0v) is 23.2. The topological polar surface area (TPSA) is 36.9 Å². The van der Waals surface area contributed by atoms with E-state index in [1.807, 2.05) is 59.9 Å². The summed E-state index contributed by atoms with van der Waals surface area (Å²) in [5.74, 6) is 1.93. The molecule has 0 aromatic heterocycles. The van der Waals surface area contributed by atoms with Crippen molar-refractivity contribution < 1.29 is 18.6 Å². The Hall–Kier alpha value is -0.890. The van der Waals surface area contributed by atoms with Crippen molar-refractivity contribution >= 4 is 48.7 Å². The van der Waals surface area contributed by atoms with Crippen LogP contribution >= 0.6 is 23.5 Å². The van der Waals surface area contributed by atoms with Gasteiger partial charge in [0.15, 0.2) is 0 Å². The van der Waals surface area contributed by atoms with Crippen LogP contribution in [0, 0.1) is 0 Å². The number of hydrogen-bond acceptors (Lipinski definition) is 6. The standard InChI is InChI=1S/C28H40B2O4S2/c1-2-3-4-5-6-7-14-19-28(35-22-26-20-31-29(33-26)24-15-10-8-11-16-24)36-23-27-21-32-30(34-27)25-17-12-9-13-18-25/h8-13,15-18,26-28H,2-7,14,19-23H2,1H3. The normalized spacial score (nSPS) is 20.8. The number of rotatable bonds is 16. The average molecular weight is 526 g/mol. The molecule has 2 aliphatic heterocycles. The van der Waals surface area contributed by atoms with Gasteiger partial charge in [-0.05, 0) is 17.3 Å². The molecule has 4 nitrogen and oxygen atoms in total. The maximum atomic E-state index is 6.22. The van der Waals surface area contributed by atoms with E-state index >= 15 is 0 Å². The molecule has 2 unspecified atom stereocenters. The molecule has 2 heterocycles. The van der Waals surface area contributed by atoms with E-state index in [0.29, 0.717) is 17.8 Å². The van der Waals surface area contributed by atoms with Crippen LogP contribution in [0.5, 0.6) is 0 Å². The third-order valence-corrected chi connectivity index (χ3v) is 9.78. The highest BCUT2D eigenvalue weighted by atomic mass is 32.2. The van der Waals surface area contributed by atoms with Gasteiger partial charge in [0.25, 0.3) is 0 Å². The van der Waals surface area contributed by atoms with Crippen LogP contribution < -0.4 is 10.9 Å². The monoisotopic (exact) mass is 526 g/mol. The van der Waals surface area contributed by atoms with Crippen LogP contribution in [0.15, 0.2) is 60.7 Å². The van der Waals surface area contributed by atoms with E-state index in [1.54, 1.807) is 0 Å². The predicted octanol–water partition coefficient (Wildman–Crippen LogP) is 5.54. The van der Waals surface area contributed by atoms with Crippen molar-refractivity contribution in [3.05, 3.63) is 60.7 Å². The Kier molecular flexibility index (Phi) is 12.6. The Morgan fingerprint density at radius 1 is 0.694 bits per heavy atom. The molecule has 0 N–H and O–H groups in total. The highest BCUT2D eigenvalue weighted by Gasteiger charge is 2.35. The summed E-state index contributed by atoms with van der Waals surface area (Å²) >= 11 is 4.06. The van der Waals surface area contributed by atoms with E-state index in [-0.39, 0.29) is 26.4 Å². The lowest BCUT2D eigenvalue weighted by molar-refractivity contribution is 0.262. The van der Waals surface area contributed by atoms with Gasteiger partial charge in [-0.15, -0.1) is 23.5 Å². The average Bonchev–Trinajstić information content (AvgIpc) is 3.60. The largest absolute Gasteiger partial charge is 0.494 e. The molecule has 0 amide bonds. The SMILES string of the molecule is CCCCCCCCCC(SCC1COB(c2ccccc2)O1)SCC1COB(c2ccccc2)O1. The first-order valence-electron chi connectivity index (χ1n) is 13.7. The van der Waals surface area contributed by atoms with E-state index in [1.165, 1.54) is 51.4 Å². The third-order valence-electron chi connectivity index (χ3n) is 6.62. The second-order valence-electron chi connectivity index (χ2n) is 9.67. The molecule has 0 bridgehead atoms. The summed E-state index contributed by atoms with van der Waals surface area (Å²) in [6, 6.07) is 20.5. The van der Waals surface area contributed by atoms with Crippen molar-refractivity contribution in [3.63, 3.8) is 0 Å². The molecular weight excluding hydrogens is 486 g/mol. The first-order valence-corrected chi connectivity index (χ1v) is 15.8. The Labute approximate surface area is 227 Å². The molecule has 2 saturated heterocycles. The van der Waals surface area contributed by atoms with Crippen LogP contribution in [0.2, 0.25) is 0 Å². The van der Waals surface area contributed by atoms with Crippen molar-refractivity contribution in [2.24, 2.45) is 0 Å². The van der Waals surface area contributed by atoms with Gasteiger partial charge in [0.05, 0.1) is 30.0 Å². The van der Waals surface area contributed by atoms with E-state index in [2.05, 4.69) is 31.2 Å². The number of hydrogen-bond donors (Lipinski definition) is 0. The Morgan fingerprint density at radius 2 is 1.17 bits per heavy atom. The molecule has 0 radical (unpaired) electrons. The molecule has 2 aromatic rings. The fourth-order valence-corrected chi connectivity index (χ4v) is 7.28. The first kappa shape index (κ1) is 28.1. The first-order chi connectivity index (χ1) is 17.8. The van der Waals surface area contributed by atoms with Crippen molar-refractivity contribution in [3.8, 4) is 0 Å². The van der Waals surface area contributed by atoms with Gasteiger partial charge in [-0.3, -0.25) is 0 Å². The van der Waals surface area contributed by atoms with Crippen LogP contribution in [0.3, 0.4) is 0 Å². The lowest BCUT2D eigenvalue weighted by atomic mass is 9.79.